The van der Waals surface area contributed by atoms with E-state index in [1.54, 1.807) is 12.5 Å². The fourth-order valence-corrected chi connectivity index (χ4v) is 1.95. The molecule has 0 bridgehead atoms. The number of hydrogen-bond donors (Lipinski definition) is 1. The Labute approximate surface area is 93.0 Å². The highest BCUT2D eigenvalue weighted by atomic mass is 15.2. The van der Waals surface area contributed by atoms with Gasteiger partial charge in [-0.1, -0.05) is 0 Å². The Balaban J connectivity index is 1.95. The largest absolute Gasteiger partial charge is 0.382 e. The molecule has 80 valence electrons. The first-order valence-corrected chi connectivity index (χ1v) is 5.08. The van der Waals surface area contributed by atoms with E-state index in [1.165, 1.54) is 0 Å². The molecule has 0 amide bonds. The van der Waals surface area contributed by atoms with Gasteiger partial charge >= 0.3 is 0 Å². The number of nitrogens with zero attached hydrogens (tertiary/aromatic N) is 4. The highest BCUT2D eigenvalue weighted by molar-refractivity contribution is 5.64. The number of nitrogen functional groups attached to an aromatic ring is 1. The van der Waals surface area contributed by atoms with Crippen LogP contribution in [0.3, 0.4) is 0 Å². The topological polar surface area (TPSA) is 67.9 Å². The normalized spacial score (nSPS) is 13.9. The van der Waals surface area contributed by atoms with Gasteiger partial charge in [-0.3, -0.25) is 0 Å². The lowest BCUT2D eigenvalue weighted by Gasteiger charge is -2.18. The van der Waals surface area contributed by atoms with Crippen LogP contribution >= 0.6 is 0 Å². The molecule has 0 radical (unpaired) electrons. The summed E-state index contributed by atoms with van der Waals surface area (Å²) in [6.07, 6.45) is 5.13. The Morgan fingerprint density at radius 3 is 3.00 bits per heavy atom. The number of fused-ring (bicyclic) bond motifs is 1. The van der Waals surface area contributed by atoms with Crippen molar-refractivity contribution in [3.63, 3.8) is 0 Å². The van der Waals surface area contributed by atoms with Crippen molar-refractivity contribution in [2.45, 2.75) is 13.1 Å². The van der Waals surface area contributed by atoms with E-state index in [0.29, 0.717) is 5.82 Å². The van der Waals surface area contributed by atoms with Crippen LogP contribution in [0, 0.1) is 0 Å². The standard InChI is InChI=1S/C11H11N5/c12-11-10(2-1-3-14-11)16-5-8-4-13-7-15-9(8)6-16/h1-4,7H,5-6H2,(H2,12,14). The van der Waals surface area contributed by atoms with Gasteiger partial charge in [0.2, 0.25) is 0 Å². The Morgan fingerprint density at radius 1 is 1.25 bits per heavy atom. The van der Waals surface area contributed by atoms with Crippen molar-refractivity contribution in [2.75, 3.05) is 10.6 Å². The first kappa shape index (κ1) is 9.08. The zero-order valence-corrected chi connectivity index (χ0v) is 8.67. The predicted octanol–water partition coefficient (Wildman–Crippen LogP) is 0.974. The lowest BCUT2D eigenvalue weighted by molar-refractivity contribution is 0.869. The number of anilines is 2. The third-order valence-electron chi connectivity index (χ3n) is 2.74. The molecule has 0 atom stereocenters. The maximum absolute atomic E-state index is 5.85. The van der Waals surface area contributed by atoms with Crippen LogP contribution < -0.4 is 10.6 Å². The van der Waals surface area contributed by atoms with E-state index in [0.717, 1.165) is 30.0 Å². The van der Waals surface area contributed by atoms with Gasteiger partial charge in [0.15, 0.2) is 0 Å². The summed E-state index contributed by atoms with van der Waals surface area (Å²) in [6, 6.07) is 3.86. The summed E-state index contributed by atoms with van der Waals surface area (Å²) in [5, 5.41) is 0. The van der Waals surface area contributed by atoms with Crippen LogP contribution in [0.5, 0.6) is 0 Å². The molecule has 0 saturated heterocycles. The zero-order chi connectivity index (χ0) is 11.0. The van der Waals surface area contributed by atoms with E-state index in [2.05, 4.69) is 19.9 Å². The fraction of sp³-hybridized carbons (Fsp3) is 0.182. The molecule has 16 heavy (non-hydrogen) atoms. The maximum atomic E-state index is 5.85. The van der Waals surface area contributed by atoms with E-state index in [-0.39, 0.29) is 0 Å². The van der Waals surface area contributed by atoms with Gasteiger partial charge in [0.05, 0.1) is 17.9 Å². The van der Waals surface area contributed by atoms with Crippen LogP contribution in [-0.2, 0) is 13.1 Å². The molecule has 0 fully saturated rings. The second-order valence-corrected chi connectivity index (χ2v) is 3.76. The van der Waals surface area contributed by atoms with Crippen LogP contribution in [0.15, 0.2) is 30.9 Å². The number of aromatic nitrogens is 3. The third-order valence-corrected chi connectivity index (χ3v) is 2.74. The van der Waals surface area contributed by atoms with Crippen molar-refractivity contribution in [1.29, 1.82) is 0 Å². The third kappa shape index (κ3) is 1.37. The van der Waals surface area contributed by atoms with Crippen LogP contribution in [-0.4, -0.2) is 15.0 Å². The molecule has 2 aromatic rings. The van der Waals surface area contributed by atoms with Gasteiger partial charge in [0.25, 0.3) is 0 Å². The van der Waals surface area contributed by atoms with Crippen molar-refractivity contribution >= 4 is 11.5 Å². The molecule has 1 aliphatic heterocycles. The molecule has 0 aromatic carbocycles. The van der Waals surface area contributed by atoms with Crippen LogP contribution in [0.25, 0.3) is 0 Å². The average molecular weight is 213 g/mol. The van der Waals surface area contributed by atoms with Crippen molar-refractivity contribution in [3.8, 4) is 0 Å². The summed E-state index contributed by atoms with van der Waals surface area (Å²) >= 11 is 0. The van der Waals surface area contributed by atoms with E-state index in [4.69, 9.17) is 5.73 Å². The summed E-state index contributed by atoms with van der Waals surface area (Å²) in [5.74, 6) is 0.559. The highest BCUT2D eigenvalue weighted by Crippen LogP contribution is 2.28. The molecule has 1 aliphatic rings. The van der Waals surface area contributed by atoms with Gasteiger partial charge < -0.3 is 10.6 Å². The molecular weight excluding hydrogens is 202 g/mol. The number of hydrogen-bond acceptors (Lipinski definition) is 5. The molecule has 5 nitrogen and oxygen atoms in total. The van der Waals surface area contributed by atoms with Gasteiger partial charge in [-0.15, -0.1) is 0 Å². The first-order valence-electron chi connectivity index (χ1n) is 5.08. The quantitative estimate of drug-likeness (QED) is 0.764. The summed E-state index contributed by atoms with van der Waals surface area (Å²) in [6.45, 7) is 1.57. The Hall–Kier alpha value is -2.17. The first-order chi connectivity index (χ1) is 7.84. The Bertz CT molecular complexity index is 500. The lowest BCUT2D eigenvalue weighted by Crippen LogP contribution is -2.16. The SMILES string of the molecule is Nc1ncccc1N1Cc2cncnc2C1. The minimum absolute atomic E-state index is 0.559. The smallest absolute Gasteiger partial charge is 0.146 e. The molecule has 0 spiro atoms. The molecular formula is C11H11N5. The minimum Gasteiger partial charge on any atom is -0.382 e. The van der Waals surface area contributed by atoms with Crippen LogP contribution in [0.2, 0.25) is 0 Å². The molecule has 2 aromatic heterocycles. The average Bonchev–Trinajstić information content (AvgIpc) is 2.73. The summed E-state index contributed by atoms with van der Waals surface area (Å²) in [5.41, 5.74) is 9.03. The molecule has 2 N–H and O–H groups in total. The second-order valence-electron chi connectivity index (χ2n) is 3.76. The predicted molar refractivity (Wildman–Crippen MR) is 60.6 cm³/mol. The van der Waals surface area contributed by atoms with Gasteiger partial charge in [0, 0.05) is 24.5 Å². The van der Waals surface area contributed by atoms with Crippen molar-refractivity contribution < 1.29 is 0 Å². The highest BCUT2D eigenvalue weighted by Gasteiger charge is 2.21. The second kappa shape index (κ2) is 3.44. The fourth-order valence-electron chi connectivity index (χ4n) is 1.95. The Kier molecular flexibility index (Phi) is 1.96. The molecule has 0 saturated carbocycles. The summed E-state index contributed by atoms with van der Waals surface area (Å²) in [7, 11) is 0. The van der Waals surface area contributed by atoms with E-state index in [1.807, 2.05) is 18.3 Å². The van der Waals surface area contributed by atoms with Gasteiger partial charge in [-0.05, 0) is 12.1 Å². The van der Waals surface area contributed by atoms with Gasteiger partial charge in [0.1, 0.15) is 12.1 Å². The van der Waals surface area contributed by atoms with Gasteiger partial charge in [-0.25, -0.2) is 15.0 Å². The van der Waals surface area contributed by atoms with E-state index in [9.17, 15) is 0 Å². The van der Waals surface area contributed by atoms with Crippen molar-refractivity contribution in [2.24, 2.45) is 0 Å². The Morgan fingerprint density at radius 2 is 2.19 bits per heavy atom. The lowest BCUT2D eigenvalue weighted by atomic mass is 10.3. The molecule has 0 aliphatic carbocycles. The van der Waals surface area contributed by atoms with E-state index < -0.39 is 0 Å². The number of nitrogens with two attached hydrogens (primary N) is 1. The molecule has 5 heteroatoms. The summed E-state index contributed by atoms with van der Waals surface area (Å²) < 4.78 is 0. The van der Waals surface area contributed by atoms with Crippen molar-refractivity contribution in [1.82, 2.24) is 15.0 Å². The number of rotatable bonds is 1. The number of pyridine rings is 1. The minimum atomic E-state index is 0.559. The molecule has 3 heterocycles. The van der Waals surface area contributed by atoms with Crippen LogP contribution in [0.1, 0.15) is 11.3 Å². The molecule has 3 rings (SSSR count). The van der Waals surface area contributed by atoms with Gasteiger partial charge in [-0.2, -0.15) is 0 Å². The zero-order valence-electron chi connectivity index (χ0n) is 8.67. The summed E-state index contributed by atoms with van der Waals surface area (Å²) in [4.78, 5) is 14.5. The van der Waals surface area contributed by atoms with E-state index >= 15 is 0 Å². The monoisotopic (exact) mass is 213 g/mol. The van der Waals surface area contributed by atoms with Crippen molar-refractivity contribution in [3.05, 3.63) is 42.1 Å². The van der Waals surface area contributed by atoms with Crippen LogP contribution in [0.4, 0.5) is 11.5 Å². The maximum Gasteiger partial charge on any atom is 0.146 e. The molecule has 0 unspecified atom stereocenters.